The number of nitrogens with zero attached hydrogens (tertiary/aromatic N) is 1. The van der Waals surface area contributed by atoms with Gasteiger partial charge >= 0.3 is 0 Å². The summed E-state index contributed by atoms with van der Waals surface area (Å²) < 4.78 is 0. The minimum absolute atomic E-state index is 0.00115. The number of rotatable bonds is 2. The van der Waals surface area contributed by atoms with E-state index < -0.39 is 0 Å². The van der Waals surface area contributed by atoms with Gasteiger partial charge in [0.05, 0.1) is 0 Å². The van der Waals surface area contributed by atoms with Crippen LogP contribution in [0.2, 0.25) is 0 Å². The molecule has 0 aromatic heterocycles. The molecule has 2 fully saturated rings. The fourth-order valence-corrected chi connectivity index (χ4v) is 3.35. The Balaban J connectivity index is 2.15. The molecule has 3 heteroatoms. The highest BCUT2D eigenvalue weighted by atomic mass is 16.2. The van der Waals surface area contributed by atoms with Gasteiger partial charge in [0.1, 0.15) is 0 Å². The Hall–Kier alpha value is -0.860. The van der Waals surface area contributed by atoms with Gasteiger partial charge < -0.3 is 0 Å². The molecular formula is C14H24N2O. The first-order valence-corrected chi connectivity index (χ1v) is 6.66. The zero-order valence-electron chi connectivity index (χ0n) is 11.6. The van der Waals surface area contributed by atoms with Crippen LogP contribution in [0.5, 0.6) is 0 Å². The van der Waals surface area contributed by atoms with Gasteiger partial charge in [0.15, 0.2) is 0 Å². The van der Waals surface area contributed by atoms with Crippen molar-refractivity contribution in [3.8, 4) is 0 Å². The molecule has 1 amide bonds. The molecule has 2 saturated carbocycles. The SMILES string of the molecule is CC(C)C(=O)N/N=C1\C[C@H]2CC[C@]1(C)C2(C)C. The quantitative estimate of drug-likeness (QED) is 0.736. The van der Waals surface area contributed by atoms with E-state index in [9.17, 15) is 4.79 Å². The molecule has 2 bridgehead atoms. The van der Waals surface area contributed by atoms with E-state index in [1.54, 1.807) is 0 Å². The summed E-state index contributed by atoms with van der Waals surface area (Å²) in [6.07, 6.45) is 3.57. The summed E-state index contributed by atoms with van der Waals surface area (Å²) in [7, 11) is 0. The Labute approximate surface area is 104 Å². The fraction of sp³-hybridized carbons (Fsp3) is 0.857. The van der Waals surface area contributed by atoms with Crippen molar-refractivity contribution in [2.75, 3.05) is 0 Å². The van der Waals surface area contributed by atoms with E-state index in [2.05, 4.69) is 31.3 Å². The molecule has 0 aromatic carbocycles. The minimum Gasteiger partial charge on any atom is -0.273 e. The van der Waals surface area contributed by atoms with Crippen LogP contribution in [-0.4, -0.2) is 11.6 Å². The van der Waals surface area contributed by atoms with E-state index in [1.165, 1.54) is 18.6 Å². The molecule has 0 aromatic rings. The molecule has 3 nitrogen and oxygen atoms in total. The van der Waals surface area contributed by atoms with Crippen LogP contribution >= 0.6 is 0 Å². The van der Waals surface area contributed by atoms with Crippen molar-refractivity contribution < 1.29 is 4.79 Å². The van der Waals surface area contributed by atoms with Gasteiger partial charge in [-0.3, -0.25) is 4.79 Å². The molecule has 2 aliphatic carbocycles. The molecule has 1 N–H and O–H groups in total. The molecule has 0 radical (unpaired) electrons. The maximum absolute atomic E-state index is 11.6. The highest BCUT2D eigenvalue weighted by Crippen LogP contribution is 2.63. The average Bonchev–Trinajstić information content (AvgIpc) is 2.57. The first kappa shape index (κ1) is 12.6. The second-order valence-corrected chi connectivity index (χ2v) is 6.68. The Kier molecular flexibility index (Phi) is 2.83. The number of amides is 1. The molecule has 0 heterocycles. The summed E-state index contributed by atoms with van der Waals surface area (Å²) in [6, 6.07) is 0. The lowest BCUT2D eigenvalue weighted by Crippen LogP contribution is -2.34. The van der Waals surface area contributed by atoms with Gasteiger partial charge in [0.2, 0.25) is 5.91 Å². The van der Waals surface area contributed by atoms with E-state index >= 15 is 0 Å². The van der Waals surface area contributed by atoms with E-state index in [-0.39, 0.29) is 17.2 Å². The number of hydrazone groups is 1. The van der Waals surface area contributed by atoms with Gasteiger partial charge in [-0.1, -0.05) is 34.6 Å². The normalized spacial score (nSPS) is 36.8. The van der Waals surface area contributed by atoms with Crippen molar-refractivity contribution in [1.29, 1.82) is 0 Å². The predicted octanol–water partition coefficient (Wildman–Crippen LogP) is 2.96. The van der Waals surface area contributed by atoms with E-state index in [4.69, 9.17) is 0 Å². The average molecular weight is 236 g/mol. The maximum atomic E-state index is 11.6. The van der Waals surface area contributed by atoms with Crippen LogP contribution in [0.15, 0.2) is 5.10 Å². The van der Waals surface area contributed by atoms with Crippen LogP contribution in [0.1, 0.15) is 53.9 Å². The number of carbonyl (C=O) groups excluding carboxylic acids is 1. The minimum atomic E-state index is -0.00115. The molecule has 2 atom stereocenters. The second kappa shape index (κ2) is 3.82. The molecule has 96 valence electrons. The fourth-order valence-electron chi connectivity index (χ4n) is 3.35. The summed E-state index contributed by atoms with van der Waals surface area (Å²) >= 11 is 0. The Morgan fingerprint density at radius 1 is 1.41 bits per heavy atom. The van der Waals surface area contributed by atoms with Crippen molar-refractivity contribution >= 4 is 11.6 Å². The first-order valence-electron chi connectivity index (χ1n) is 6.66. The molecular weight excluding hydrogens is 212 g/mol. The van der Waals surface area contributed by atoms with Crippen molar-refractivity contribution in [2.45, 2.75) is 53.9 Å². The zero-order valence-corrected chi connectivity index (χ0v) is 11.6. The van der Waals surface area contributed by atoms with Crippen LogP contribution < -0.4 is 5.43 Å². The topological polar surface area (TPSA) is 41.5 Å². The van der Waals surface area contributed by atoms with Gasteiger partial charge in [0, 0.05) is 17.0 Å². The Morgan fingerprint density at radius 3 is 2.47 bits per heavy atom. The van der Waals surface area contributed by atoms with Crippen LogP contribution in [-0.2, 0) is 4.79 Å². The molecule has 0 spiro atoms. The van der Waals surface area contributed by atoms with Gasteiger partial charge in [-0.05, 0) is 30.6 Å². The lowest BCUT2D eigenvalue weighted by molar-refractivity contribution is -0.123. The van der Waals surface area contributed by atoms with Gasteiger partial charge in [-0.2, -0.15) is 5.10 Å². The molecule has 2 rings (SSSR count). The molecule has 0 aliphatic heterocycles. The number of hydrogen-bond donors (Lipinski definition) is 1. The highest BCUT2D eigenvalue weighted by molar-refractivity contribution is 5.95. The highest BCUT2D eigenvalue weighted by Gasteiger charge is 2.59. The molecule has 0 saturated heterocycles. The predicted molar refractivity (Wildman–Crippen MR) is 69.6 cm³/mol. The van der Waals surface area contributed by atoms with Crippen LogP contribution in [0.4, 0.5) is 0 Å². The summed E-state index contributed by atoms with van der Waals surface area (Å²) in [5.74, 6) is 0.752. The molecule has 17 heavy (non-hydrogen) atoms. The monoisotopic (exact) mass is 236 g/mol. The van der Waals surface area contributed by atoms with Crippen molar-refractivity contribution in [3.05, 3.63) is 0 Å². The zero-order chi connectivity index (χ0) is 12.8. The Bertz CT molecular complexity index is 370. The van der Waals surface area contributed by atoms with Crippen LogP contribution in [0, 0.1) is 22.7 Å². The smallest absolute Gasteiger partial charge is 0.242 e. The van der Waals surface area contributed by atoms with E-state index in [1.807, 2.05) is 13.8 Å². The number of hydrogen-bond acceptors (Lipinski definition) is 2. The lowest BCUT2D eigenvalue weighted by atomic mass is 9.70. The maximum Gasteiger partial charge on any atom is 0.242 e. The second-order valence-electron chi connectivity index (χ2n) is 6.68. The van der Waals surface area contributed by atoms with Gasteiger partial charge in [-0.25, -0.2) is 5.43 Å². The van der Waals surface area contributed by atoms with E-state index in [0.29, 0.717) is 5.41 Å². The Morgan fingerprint density at radius 2 is 2.06 bits per heavy atom. The molecule has 0 unspecified atom stereocenters. The summed E-state index contributed by atoms with van der Waals surface area (Å²) in [5, 5.41) is 4.41. The van der Waals surface area contributed by atoms with Crippen LogP contribution in [0.25, 0.3) is 0 Å². The number of carbonyl (C=O) groups is 1. The van der Waals surface area contributed by atoms with Crippen molar-refractivity contribution in [3.63, 3.8) is 0 Å². The third-order valence-electron chi connectivity index (χ3n) is 5.34. The van der Waals surface area contributed by atoms with Gasteiger partial charge in [0.25, 0.3) is 0 Å². The summed E-state index contributed by atoms with van der Waals surface area (Å²) in [4.78, 5) is 11.6. The van der Waals surface area contributed by atoms with Crippen molar-refractivity contribution in [2.24, 2.45) is 27.8 Å². The summed E-state index contributed by atoms with van der Waals surface area (Å²) in [6.45, 7) is 10.8. The van der Waals surface area contributed by atoms with Gasteiger partial charge in [-0.15, -0.1) is 0 Å². The molecule has 2 aliphatic rings. The van der Waals surface area contributed by atoms with Crippen LogP contribution in [0.3, 0.4) is 0 Å². The summed E-state index contributed by atoms with van der Waals surface area (Å²) in [5.41, 5.74) is 4.43. The number of fused-ring (bicyclic) bond motifs is 2. The van der Waals surface area contributed by atoms with E-state index in [0.717, 1.165) is 12.3 Å². The standard InChI is InChI=1S/C14H24N2O/c1-9(2)12(17)16-15-11-8-10-6-7-14(11,5)13(10,3)4/h9-10H,6-8H2,1-5H3,(H,16,17)/b15-11+/t10-,14+/m1/s1. The van der Waals surface area contributed by atoms with Crippen molar-refractivity contribution in [1.82, 2.24) is 5.43 Å². The third-order valence-corrected chi connectivity index (χ3v) is 5.34. The first-order chi connectivity index (χ1) is 7.79. The third kappa shape index (κ3) is 1.71. The number of nitrogens with one attached hydrogen (secondary N) is 1. The lowest BCUT2D eigenvalue weighted by Gasteiger charge is -2.34. The largest absolute Gasteiger partial charge is 0.273 e.